The van der Waals surface area contributed by atoms with Gasteiger partial charge in [-0.25, -0.2) is 0 Å². The molecule has 1 atom stereocenters. The number of aryl methyl sites for hydroxylation is 2. The van der Waals surface area contributed by atoms with Crippen molar-refractivity contribution in [1.29, 1.82) is 0 Å². The Morgan fingerprint density at radius 3 is 2.20 bits per heavy atom. The smallest absolute Gasteiger partial charge is 0.246 e. The third kappa shape index (κ3) is 4.37. The molecular formula is C16H24N2O2. The van der Waals surface area contributed by atoms with Gasteiger partial charge in [0.25, 0.3) is 0 Å². The molecule has 0 spiro atoms. The second kappa shape index (κ2) is 6.07. The molecule has 0 bridgehead atoms. The minimum Gasteiger partial charge on any atom is -0.344 e. The van der Waals surface area contributed by atoms with Gasteiger partial charge in [-0.3, -0.25) is 9.59 Å². The van der Waals surface area contributed by atoms with Crippen molar-refractivity contribution in [3.63, 3.8) is 0 Å². The maximum Gasteiger partial charge on any atom is 0.246 e. The Morgan fingerprint density at radius 2 is 1.70 bits per heavy atom. The van der Waals surface area contributed by atoms with Crippen molar-refractivity contribution >= 4 is 17.5 Å². The van der Waals surface area contributed by atoms with Gasteiger partial charge in [-0.15, -0.1) is 0 Å². The summed E-state index contributed by atoms with van der Waals surface area (Å²) in [5.74, 6) is -0.355. The van der Waals surface area contributed by atoms with Crippen LogP contribution in [0.5, 0.6) is 0 Å². The highest BCUT2D eigenvalue weighted by Gasteiger charge is 2.25. The zero-order chi connectivity index (χ0) is 15.5. The van der Waals surface area contributed by atoms with Crippen LogP contribution >= 0.6 is 0 Å². The minimum atomic E-state index is -0.566. The van der Waals surface area contributed by atoms with Crippen LogP contribution in [-0.2, 0) is 9.59 Å². The third-order valence-electron chi connectivity index (χ3n) is 3.20. The topological polar surface area (TPSA) is 58.2 Å². The largest absolute Gasteiger partial charge is 0.344 e. The monoisotopic (exact) mass is 276 g/mol. The molecule has 2 N–H and O–H groups in total. The van der Waals surface area contributed by atoms with Crippen LogP contribution in [0, 0.1) is 19.3 Å². The average molecular weight is 276 g/mol. The van der Waals surface area contributed by atoms with Crippen LogP contribution in [0.4, 0.5) is 5.69 Å². The zero-order valence-corrected chi connectivity index (χ0v) is 13.1. The molecule has 4 heteroatoms. The Labute approximate surface area is 121 Å². The maximum atomic E-state index is 12.0. The quantitative estimate of drug-likeness (QED) is 0.892. The molecule has 1 rings (SSSR count). The van der Waals surface area contributed by atoms with Gasteiger partial charge in [0.1, 0.15) is 6.04 Å². The van der Waals surface area contributed by atoms with E-state index in [1.165, 1.54) is 5.56 Å². The molecule has 1 aromatic rings. The van der Waals surface area contributed by atoms with E-state index in [1.54, 1.807) is 6.92 Å². The fourth-order valence-corrected chi connectivity index (χ4v) is 1.55. The van der Waals surface area contributed by atoms with Crippen LogP contribution in [0.25, 0.3) is 0 Å². The van der Waals surface area contributed by atoms with Crippen LogP contribution < -0.4 is 10.6 Å². The van der Waals surface area contributed by atoms with E-state index in [9.17, 15) is 9.59 Å². The lowest BCUT2D eigenvalue weighted by atomic mass is 9.95. The molecule has 0 aliphatic rings. The van der Waals surface area contributed by atoms with E-state index in [0.717, 1.165) is 11.3 Å². The Bertz CT molecular complexity index is 516. The van der Waals surface area contributed by atoms with E-state index < -0.39 is 11.5 Å². The molecule has 0 heterocycles. The lowest BCUT2D eigenvalue weighted by Gasteiger charge is -2.21. The summed E-state index contributed by atoms with van der Waals surface area (Å²) in [6.07, 6.45) is 0. The zero-order valence-electron chi connectivity index (χ0n) is 13.1. The Hall–Kier alpha value is -1.84. The molecule has 4 nitrogen and oxygen atoms in total. The number of nitrogens with one attached hydrogen (secondary N) is 2. The number of benzene rings is 1. The third-order valence-corrected chi connectivity index (χ3v) is 3.20. The van der Waals surface area contributed by atoms with Gasteiger partial charge in [-0.05, 0) is 44.0 Å². The summed E-state index contributed by atoms with van der Waals surface area (Å²) in [4.78, 5) is 23.9. The summed E-state index contributed by atoms with van der Waals surface area (Å²) in [5.41, 5.74) is 2.54. The van der Waals surface area contributed by atoms with E-state index in [0.29, 0.717) is 0 Å². The van der Waals surface area contributed by atoms with Crippen molar-refractivity contribution in [3.8, 4) is 0 Å². The van der Waals surface area contributed by atoms with Crippen LogP contribution in [0.1, 0.15) is 38.8 Å². The summed E-state index contributed by atoms with van der Waals surface area (Å²) in [6, 6.07) is 5.18. The number of rotatable bonds is 3. The highest BCUT2D eigenvalue weighted by molar-refractivity contribution is 5.97. The van der Waals surface area contributed by atoms with Crippen LogP contribution in [0.3, 0.4) is 0 Å². The van der Waals surface area contributed by atoms with Gasteiger partial charge in [-0.1, -0.05) is 26.8 Å². The van der Waals surface area contributed by atoms with Gasteiger partial charge in [-0.2, -0.15) is 0 Å². The minimum absolute atomic E-state index is 0.139. The summed E-state index contributed by atoms with van der Waals surface area (Å²) in [6.45, 7) is 11.1. The first kappa shape index (κ1) is 16.2. The van der Waals surface area contributed by atoms with Crippen LogP contribution in [0.2, 0.25) is 0 Å². The first-order valence-corrected chi connectivity index (χ1v) is 6.80. The molecule has 110 valence electrons. The predicted molar refractivity (Wildman–Crippen MR) is 81.6 cm³/mol. The molecule has 0 aliphatic carbocycles. The fourth-order valence-electron chi connectivity index (χ4n) is 1.55. The van der Waals surface area contributed by atoms with Crippen LogP contribution in [-0.4, -0.2) is 17.9 Å². The second-order valence-corrected chi connectivity index (χ2v) is 6.23. The second-order valence-electron chi connectivity index (χ2n) is 6.23. The van der Waals surface area contributed by atoms with E-state index in [2.05, 4.69) is 10.6 Å². The van der Waals surface area contributed by atoms with Gasteiger partial charge in [0.15, 0.2) is 0 Å². The van der Waals surface area contributed by atoms with E-state index in [1.807, 2.05) is 52.8 Å². The molecule has 0 unspecified atom stereocenters. The SMILES string of the molecule is Cc1ccc(NC(=O)[C@H](C)NC(=O)C(C)(C)C)cc1C. The maximum absolute atomic E-state index is 12.0. The molecule has 0 aromatic heterocycles. The molecule has 0 saturated carbocycles. The summed E-state index contributed by atoms with van der Waals surface area (Å²) >= 11 is 0. The van der Waals surface area contributed by atoms with E-state index in [-0.39, 0.29) is 11.8 Å². The Morgan fingerprint density at radius 1 is 1.10 bits per heavy atom. The predicted octanol–water partition coefficient (Wildman–Crippen LogP) is 2.79. The molecule has 0 saturated heterocycles. The average Bonchev–Trinajstić information content (AvgIpc) is 2.32. The lowest BCUT2D eigenvalue weighted by molar-refractivity contribution is -0.131. The standard InChI is InChI=1S/C16H24N2O2/c1-10-7-8-13(9-11(10)2)18-14(19)12(3)17-15(20)16(4,5)6/h7-9,12H,1-6H3,(H,17,20)(H,18,19)/t12-/m0/s1. The van der Waals surface area contributed by atoms with Crippen molar-refractivity contribution in [1.82, 2.24) is 5.32 Å². The number of carbonyl (C=O) groups excluding carboxylic acids is 2. The molecular weight excluding hydrogens is 252 g/mol. The summed E-state index contributed by atoms with van der Waals surface area (Å²) in [5, 5.41) is 5.53. The Balaban J connectivity index is 2.66. The first-order valence-electron chi connectivity index (χ1n) is 6.80. The highest BCUT2D eigenvalue weighted by atomic mass is 16.2. The van der Waals surface area contributed by atoms with Crippen molar-refractivity contribution in [2.75, 3.05) is 5.32 Å². The van der Waals surface area contributed by atoms with E-state index in [4.69, 9.17) is 0 Å². The molecule has 20 heavy (non-hydrogen) atoms. The van der Waals surface area contributed by atoms with Crippen LogP contribution in [0.15, 0.2) is 18.2 Å². The highest BCUT2D eigenvalue weighted by Crippen LogP contribution is 2.15. The van der Waals surface area contributed by atoms with Gasteiger partial charge in [0.05, 0.1) is 0 Å². The number of amides is 2. The number of hydrogen-bond donors (Lipinski definition) is 2. The lowest BCUT2D eigenvalue weighted by Crippen LogP contribution is -2.46. The summed E-state index contributed by atoms with van der Waals surface area (Å²) < 4.78 is 0. The number of hydrogen-bond acceptors (Lipinski definition) is 2. The van der Waals surface area contributed by atoms with E-state index >= 15 is 0 Å². The molecule has 1 aromatic carbocycles. The van der Waals surface area contributed by atoms with Gasteiger partial charge < -0.3 is 10.6 Å². The van der Waals surface area contributed by atoms with Crippen molar-refractivity contribution in [2.45, 2.75) is 47.6 Å². The fraction of sp³-hybridized carbons (Fsp3) is 0.500. The molecule has 0 radical (unpaired) electrons. The first-order chi connectivity index (χ1) is 9.11. The summed E-state index contributed by atoms with van der Waals surface area (Å²) in [7, 11) is 0. The molecule has 0 aliphatic heterocycles. The molecule has 2 amide bonds. The normalized spacial score (nSPS) is 12.7. The number of carbonyl (C=O) groups is 2. The van der Waals surface area contributed by atoms with Gasteiger partial charge >= 0.3 is 0 Å². The number of anilines is 1. The van der Waals surface area contributed by atoms with Crippen molar-refractivity contribution in [3.05, 3.63) is 29.3 Å². The van der Waals surface area contributed by atoms with Gasteiger partial charge in [0.2, 0.25) is 11.8 Å². The molecule has 0 fully saturated rings. The van der Waals surface area contributed by atoms with Crippen molar-refractivity contribution < 1.29 is 9.59 Å². The van der Waals surface area contributed by atoms with Gasteiger partial charge in [0, 0.05) is 11.1 Å². The Kier molecular flexibility index (Phi) is 4.93. The van der Waals surface area contributed by atoms with Crippen molar-refractivity contribution in [2.24, 2.45) is 5.41 Å².